The fourth-order valence-electron chi connectivity index (χ4n) is 3.70. The summed E-state index contributed by atoms with van der Waals surface area (Å²) in [5, 5.41) is 18.8. The molecular formula is C27H28O2. The number of aromatic hydroxyl groups is 2. The van der Waals surface area contributed by atoms with Crippen LogP contribution >= 0.6 is 0 Å². The van der Waals surface area contributed by atoms with Crippen LogP contribution in [0.2, 0.25) is 0 Å². The molecule has 3 aromatic rings. The number of hydrogen-bond acceptors (Lipinski definition) is 2. The second kappa shape index (κ2) is 9.79. The van der Waals surface area contributed by atoms with Gasteiger partial charge in [-0.3, -0.25) is 0 Å². The first-order chi connectivity index (χ1) is 14.1. The Bertz CT molecular complexity index is 938. The summed E-state index contributed by atoms with van der Waals surface area (Å²) in [6.07, 6.45) is 7.35. The van der Waals surface area contributed by atoms with Crippen molar-refractivity contribution >= 4 is 17.2 Å². The van der Waals surface area contributed by atoms with Crippen LogP contribution in [0.4, 0.5) is 0 Å². The van der Waals surface area contributed by atoms with Crippen molar-refractivity contribution in [2.45, 2.75) is 33.1 Å². The zero-order chi connectivity index (χ0) is 20.6. The molecule has 0 aromatic heterocycles. The molecule has 0 fully saturated rings. The van der Waals surface area contributed by atoms with Gasteiger partial charge in [-0.15, -0.1) is 0 Å². The smallest absolute Gasteiger partial charge is 0.115 e. The van der Waals surface area contributed by atoms with E-state index in [2.05, 4.69) is 50.3 Å². The molecule has 1 aliphatic rings. The molecule has 0 amide bonds. The third-order valence-electron chi connectivity index (χ3n) is 5.19. The summed E-state index contributed by atoms with van der Waals surface area (Å²) >= 11 is 0. The highest BCUT2D eigenvalue weighted by molar-refractivity contribution is 5.90. The van der Waals surface area contributed by atoms with Crippen LogP contribution < -0.4 is 0 Å². The summed E-state index contributed by atoms with van der Waals surface area (Å²) in [5.41, 5.74) is 7.66. The predicted octanol–water partition coefficient (Wildman–Crippen LogP) is 7.08. The number of allylic oxidation sites excluding steroid dienone is 3. The van der Waals surface area contributed by atoms with Crippen molar-refractivity contribution in [3.63, 3.8) is 0 Å². The Kier molecular flexibility index (Phi) is 6.91. The lowest BCUT2D eigenvalue weighted by molar-refractivity contribution is 0.474. The first-order valence-electron chi connectivity index (χ1n) is 10.2. The maximum absolute atomic E-state index is 9.41. The van der Waals surface area contributed by atoms with Crippen LogP contribution in [0.25, 0.3) is 17.2 Å². The molecule has 4 rings (SSSR count). The van der Waals surface area contributed by atoms with Gasteiger partial charge in [-0.25, -0.2) is 0 Å². The Morgan fingerprint density at radius 2 is 1.17 bits per heavy atom. The van der Waals surface area contributed by atoms with Gasteiger partial charge in [0.25, 0.3) is 0 Å². The van der Waals surface area contributed by atoms with E-state index in [1.807, 2.05) is 24.3 Å². The molecule has 0 bridgehead atoms. The van der Waals surface area contributed by atoms with E-state index < -0.39 is 0 Å². The standard InChI is InChI=1S/C18H20O2.C9H8/c1-3-17(13-5-9-15(19)10-6-13)18(4-2)14-7-11-16(20)12-8-14;1-2-5-9-7-3-6-8(9)4-1/h5-12,19-20H,3-4H2,1-2H3;1-6H,7H2/b18-17+;. The molecule has 2 heteroatoms. The Hall–Kier alpha value is -3.26. The second-order valence-corrected chi connectivity index (χ2v) is 7.06. The average Bonchev–Trinajstić information content (AvgIpc) is 3.23. The van der Waals surface area contributed by atoms with Crippen LogP contribution in [0.3, 0.4) is 0 Å². The van der Waals surface area contributed by atoms with Crippen molar-refractivity contribution < 1.29 is 10.2 Å². The molecule has 2 N–H and O–H groups in total. The summed E-state index contributed by atoms with van der Waals surface area (Å²) in [6.45, 7) is 4.27. The quantitative estimate of drug-likeness (QED) is 0.472. The van der Waals surface area contributed by atoms with Crippen LogP contribution in [-0.2, 0) is 6.42 Å². The van der Waals surface area contributed by atoms with Crippen LogP contribution in [0.15, 0.2) is 78.9 Å². The van der Waals surface area contributed by atoms with Crippen molar-refractivity contribution in [2.75, 3.05) is 0 Å². The molecule has 0 spiro atoms. The third kappa shape index (κ3) is 5.17. The third-order valence-corrected chi connectivity index (χ3v) is 5.19. The number of fused-ring (bicyclic) bond motifs is 1. The monoisotopic (exact) mass is 384 g/mol. The lowest BCUT2D eigenvalue weighted by atomic mass is 9.91. The predicted molar refractivity (Wildman–Crippen MR) is 123 cm³/mol. The van der Waals surface area contributed by atoms with E-state index >= 15 is 0 Å². The van der Waals surface area contributed by atoms with Crippen molar-refractivity contribution in [2.24, 2.45) is 0 Å². The first-order valence-corrected chi connectivity index (χ1v) is 10.2. The minimum atomic E-state index is 0.284. The van der Waals surface area contributed by atoms with Crippen molar-refractivity contribution in [1.82, 2.24) is 0 Å². The van der Waals surface area contributed by atoms with Crippen molar-refractivity contribution in [1.29, 1.82) is 0 Å². The summed E-state index contributed by atoms with van der Waals surface area (Å²) in [5.74, 6) is 0.568. The fourth-order valence-corrected chi connectivity index (χ4v) is 3.70. The zero-order valence-corrected chi connectivity index (χ0v) is 17.1. The summed E-state index contributed by atoms with van der Waals surface area (Å²) in [6, 6.07) is 23.2. The normalized spacial score (nSPS) is 12.6. The minimum absolute atomic E-state index is 0.284. The molecular weight excluding hydrogens is 356 g/mol. The lowest BCUT2D eigenvalue weighted by Crippen LogP contribution is -1.91. The van der Waals surface area contributed by atoms with Gasteiger partial charge in [-0.1, -0.05) is 74.5 Å². The average molecular weight is 385 g/mol. The summed E-state index contributed by atoms with van der Waals surface area (Å²) < 4.78 is 0. The van der Waals surface area contributed by atoms with Crippen molar-refractivity contribution in [3.8, 4) is 11.5 Å². The number of hydrogen-bond donors (Lipinski definition) is 2. The van der Waals surface area contributed by atoms with Gasteiger partial charge < -0.3 is 10.2 Å². The Morgan fingerprint density at radius 1 is 0.690 bits per heavy atom. The van der Waals surface area contributed by atoms with E-state index in [0.29, 0.717) is 0 Å². The lowest BCUT2D eigenvalue weighted by Gasteiger charge is -2.14. The molecule has 0 heterocycles. The molecule has 29 heavy (non-hydrogen) atoms. The molecule has 3 aromatic carbocycles. The number of phenols is 2. The highest BCUT2D eigenvalue weighted by Crippen LogP contribution is 2.32. The summed E-state index contributed by atoms with van der Waals surface area (Å²) in [4.78, 5) is 0. The molecule has 0 unspecified atom stereocenters. The largest absolute Gasteiger partial charge is 0.508 e. The molecule has 148 valence electrons. The van der Waals surface area contributed by atoms with E-state index in [-0.39, 0.29) is 11.5 Å². The molecule has 0 aliphatic heterocycles. The molecule has 1 aliphatic carbocycles. The van der Waals surface area contributed by atoms with E-state index in [4.69, 9.17) is 0 Å². The fraction of sp³-hybridized carbons (Fsp3) is 0.185. The van der Waals surface area contributed by atoms with Gasteiger partial charge in [0.15, 0.2) is 0 Å². The van der Waals surface area contributed by atoms with Gasteiger partial charge in [-0.05, 0) is 76.9 Å². The second-order valence-electron chi connectivity index (χ2n) is 7.06. The van der Waals surface area contributed by atoms with Gasteiger partial charge in [0, 0.05) is 0 Å². The van der Waals surface area contributed by atoms with Crippen molar-refractivity contribution in [3.05, 3.63) is 101 Å². The Morgan fingerprint density at radius 3 is 1.62 bits per heavy atom. The Labute approximate surface area is 173 Å². The SMILES string of the molecule is C1=Cc2ccccc2C1.CC/C(=C(/CC)c1ccc(O)cc1)c1ccc(O)cc1. The minimum Gasteiger partial charge on any atom is -0.508 e. The van der Waals surface area contributed by atoms with Crippen LogP contribution in [0.5, 0.6) is 11.5 Å². The van der Waals surface area contributed by atoms with Gasteiger partial charge in [0.1, 0.15) is 11.5 Å². The molecule has 0 saturated heterocycles. The Balaban J connectivity index is 0.000000220. The van der Waals surface area contributed by atoms with Gasteiger partial charge >= 0.3 is 0 Å². The van der Waals surface area contributed by atoms with Crippen LogP contribution in [0.1, 0.15) is 48.9 Å². The maximum atomic E-state index is 9.41. The topological polar surface area (TPSA) is 40.5 Å². The van der Waals surface area contributed by atoms with E-state index in [1.54, 1.807) is 24.3 Å². The van der Waals surface area contributed by atoms with Crippen LogP contribution in [-0.4, -0.2) is 10.2 Å². The number of rotatable bonds is 4. The first kappa shape index (κ1) is 20.5. The van der Waals surface area contributed by atoms with Crippen LogP contribution in [0, 0.1) is 0 Å². The summed E-state index contributed by atoms with van der Waals surface area (Å²) in [7, 11) is 0. The van der Waals surface area contributed by atoms with E-state index in [9.17, 15) is 10.2 Å². The number of benzene rings is 3. The van der Waals surface area contributed by atoms with E-state index in [0.717, 1.165) is 30.4 Å². The highest BCUT2D eigenvalue weighted by atomic mass is 16.3. The molecule has 0 atom stereocenters. The number of phenolic OH excluding ortho intramolecular Hbond substituents is 2. The van der Waals surface area contributed by atoms with E-state index in [1.165, 1.54) is 22.3 Å². The van der Waals surface area contributed by atoms with Gasteiger partial charge in [-0.2, -0.15) is 0 Å². The highest BCUT2D eigenvalue weighted by Gasteiger charge is 2.09. The molecule has 0 radical (unpaired) electrons. The molecule has 0 saturated carbocycles. The maximum Gasteiger partial charge on any atom is 0.115 e. The van der Waals surface area contributed by atoms with Gasteiger partial charge in [0.05, 0.1) is 0 Å². The zero-order valence-electron chi connectivity index (χ0n) is 17.1. The molecule has 2 nitrogen and oxygen atoms in total. The van der Waals surface area contributed by atoms with Gasteiger partial charge in [0.2, 0.25) is 0 Å².